The standard InChI is InChI=1S/C20H26N4O2/c1-15(25)23-18-10-7-8-16(12-18)13-22-20(21-2)24(3)14-17-9-5-6-11-19(17)26-4/h5-12H,13-14H2,1-4H3,(H,21,22)(H,23,25). The smallest absolute Gasteiger partial charge is 0.221 e. The number of aliphatic imine (C=N–C) groups is 1. The number of benzene rings is 2. The molecule has 0 spiro atoms. The fourth-order valence-corrected chi connectivity index (χ4v) is 2.69. The van der Waals surface area contributed by atoms with Gasteiger partial charge in [-0.05, 0) is 23.8 Å². The molecular weight excluding hydrogens is 328 g/mol. The molecular formula is C20H26N4O2. The summed E-state index contributed by atoms with van der Waals surface area (Å²) in [6.07, 6.45) is 0. The highest BCUT2D eigenvalue weighted by Gasteiger charge is 2.10. The summed E-state index contributed by atoms with van der Waals surface area (Å²) in [6, 6.07) is 15.7. The second-order valence-corrected chi connectivity index (χ2v) is 5.95. The first-order valence-electron chi connectivity index (χ1n) is 8.43. The van der Waals surface area contributed by atoms with Crippen molar-refractivity contribution in [3.8, 4) is 5.75 Å². The summed E-state index contributed by atoms with van der Waals surface area (Å²) >= 11 is 0. The third kappa shape index (κ3) is 5.51. The zero-order chi connectivity index (χ0) is 18.9. The molecule has 26 heavy (non-hydrogen) atoms. The first kappa shape index (κ1) is 19.3. The van der Waals surface area contributed by atoms with Crippen LogP contribution in [-0.4, -0.2) is 38.0 Å². The first-order valence-corrected chi connectivity index (χ1v) is 8.43. The predicted molar refractivity (Wildman–Crippen MR) is 105 cm³/mol. The van der Waals surface area contributed by atoms with E-state index in [-0.39, 0.29) is 5.91 Å². The van der Waals surface area contributed by atoms with Crippen LogP contribution >= 0.6 is 0 Å². The van der Waals surface area contributed by atoms with Crippen molar-refractivity contribution in [2.75, 3.05) is 26.5 Å². The molecule has 0 saturated carbocycles. The molecule has 0 heterocycles. The molecule has 6 nitrogen and oxygen atoms in total. The van der Waals surface area contributed by atoms with E-state index in [0.717, 1.165) is 28.5 Å². The van der Waals surface area contributed by atoms with Gasteiger partial charge in [-0.1, -0.05) is 30.3 Å². The summed E-state index contributed by atoms with van der Waals surface area (Å²) in [6.45, 7) is 2.78. The average molecular weight is 354 g/mol. The van der Waals surface area contributed by atoms with Gasteiger partial charge < -0.3 is 20.3 Å². The number of rotatable bonds is 6. The van der Waals surface area contributed by atoms with E-state index in [1.165, 1.54) is 6.92 Å². The van der Waals surface area contributed by atoms with Crippen molar-refractivity contribution in [3.05, 3.63) is 59.7 Å². The van der Waals surface area contributed by atoms with Crippen molar-refractivity contribution >= 4 is 17.6 Å². The third-order valence-electron chi connectivity index (χ3n) is 3.87. The Bertz CT molecular complexity index is 774. The summed E-state index contributed by atoms with van der Waals surface area (Å²) in [4.78, 5) is 17.6. The number of hydrogen-bond acceptors (Lipinski definition) is 3. The maximum Gasteiger partial charge on any atom is 0.221 e. The van der Waals surface area contributed by atoms with Gasteiger partial charge in [-0.2, -0.15) is 0 Å². The number of amides is 1. The van der Waals surface area contributed by atoms with Gasteiger partial charge in [-0.25, -0.2) is 0 Å². The molecule has 0 bridgehead atoms. The predicted octanol–water partition coefficient (Wildman–Crippen LogP) is 2.86. The van der Waals surface area contributed by atoms with Gasteiger partial charge >= 0.3 is 0 Å². The van der Waals surface area contributed by atoms with E-state index in [2.05, 4.69) is 15.6 Å². The number of guanidine groups is 1. The number of carbonyl (C=O) groups excluding carboxylic acids is 1. The van der Waals surface area contributed by atoms with Crippen molar-refractivity contribution < 1.29 is 9.53 Å². The largest absolute Gasteiger partial charge is 0.496 e. The monoisotopic (exact) mass is 354 g/mol. The van der Waals surface area contributed by atoms with Crippen LogP contribution in [0.1, 0.15) is 18.1 Å². The van der Waals surface area contributed by atoms with Gasteiger partial charge in [-0.3, -0.25) is 9.79 Å². The molecule has 138 valence electrons. The Kier molecular flexibility index (Phi) is 7.02. The van der Waals surface area contributed by atoms with Gasteiger partial charge in [0.25, 0.3) is 0 Å². The van der Waals surface area contributed by atoms with E-state index in [9.17, 15) is 4.79 Å². The second kappa shape index (κ2) is 9.46. The zero-order valence-corrected chi connectivity index (χ0v) is 15.7. The Hall–Kier alpha value is -3.02. The lowest BCUT2D eigenvalue weighted by Gasteiger charge is -2.23. The van der Waals surface area contributed by atoms with E-state index < -0.39 is 0 Å². The topological polar surface area (TPSA) is 66.0 Å². The maximum atomic E-state index is 11.2. The Balaban J connectivity index is 2.00. The number of nitrogens with one attached hydrogen (secondary N) is 2. The molecule has 0 aliphatic rings. The first-order chi connectivity index (χ1) is 12.5. The molecule has 0 aliphatic heterocycles. The highest BCUT2D eigenvalue weighted by atomic mass is 16.5. The van der Waals surface area contributed by atoms with E-state index in [1.54, 1.807) is 14.2 Å². The van der Waals surface area contributed by atoms with E-state index >= 15 is 0 Å². The van der Waals surface area contributed by atoms with Crippen molar-refractivity contribution in [3.63, 3.8) is 0 Å². The van der Waals surface area contributed by atoms with Gasteiger partial charge in [0.05, 0.1) is 7.11 Å². The molecule has 0 aromatic heterocycles. The van der Waals surface area contributed by atoms with Gasteiger partial charge in [0.2, 0.25) is 5.91 Å². The number of hydrogen-bond donors (Lipinski definition) is 2. The Labute approximate surface area is 154 Å². The molecule has 2 rings (SSSR count). The maximum absolute atomic E-state index is 11.2. The van der Waals surface area contributed by atoms with Crippen molar-refractivity contribution in [1.82, 2.24) is 10.2 Å². The number of methoxy groups -OCH3 is 1. The van der Waals surface area contributed by atoms with Crippen LogP contribution in [0.4, 0.5) is 5.69 Å². The SMILES string of the molecule is CN=C(NCc1cccc(NC(C)=O)c1)N(C)Cc1ccccc1OC. The molecule has 0 aliphatic carbocycles. The van der Waals surface area contributed by atoms with Crippen LogP contribution in [0, 0.1) is 0 Å². The Morgan fingerprint density at radius 1 is 1.19 bits per heavy atom. The minimum absolute atomic E-state index is 0.0811. The molecule has 6 heteroatoms. The van der Waals surface area contributed by atoms with Crippen LogP contribution in [0.3, 0.4) is 0 Å². The highest BCUT2D eigenvalue weighted by molar-refractivity contribution is 5.88. The Morgan fingerprint density at radius 2 is 1.96 bits per heavy atom. The zero-order valence-electron chi connectivity index (χ0n) is 15.7. The average Bonchev–Trinajstić information content (AvgIpc) is 2.62. The number of anilines is 1. The normalized spacial score (nSPS) is 11.0. The summed E-state index contributed by atoms with van der Waals surface area (Å²) in [5.41, 5.74) is 2.94. The number of carbonyl (C=O) groups is 1. The molecule has 0 radical (unpaired) electrons. The lowest BCUT2D eigenvalue weighted by Crippen LogP contribution is -2.38. The van der Waals surface area contributed by atoms with Crippen LogP contribution in [0.2, 0.25) is 0 Å². The van der Waals surface area contributed by atoms with Gasteiger partial charge in [0.1, 0.15) is 5.75 Å². The van der Waals surface area contributed by atoms with Gasteiger partial charge in [0.15, 0.2) is 5.96 Å². The third-order valence-corrected chi connectivity index (χ3v) is 3.87. The summed E-state index contributed by atoms with van der Waals surface area (Å²) < 4.78 is 5.41. The summed E-state index contributed by atoms with van der Waals surface area (Å²) in [7, 11) is 5.41. The van der Waals surface area contributed by atoms with Crippen molar-refractivity contribution in [2.24, 2.45) is 4.99 Å². The molecule has 2 aromatic rings. The molecule has 2 N–H and O–H groups in total. The molecule has 1 amide bonds. The molecule has 0 fully saturated rings. The second-order valence-electron chi connectivity index (χ2n) is 5.95. The highest BCUT2D eigenvalue weighted by Crippen LogP contribution is 2.18. The number of nitrogens with zero attached hydrogens (tertiary/aromatic N) is 2. The van der Waals surface area contributed by atoms with E-state index in [4.69, 9.17) is 4.74 Å². The van der Waals surface area contributed by atoms with E-state index in [0.29, 0.717) is 13.1 Å². The Morgan fingerprint density at radius 3 is 2.65 bits per heavy atom. The lowest BCUT2D eigenvalue weighted by molar-refractivity contribution is -0.114. The number of para-hydroxylation sites is 1. The fraction of sp³-hybridized carbons (Fsp3) is 0.300. The minimum Gasteiger partial charge on any atom is -0.496 e. The number of ether oxygens (including phenoxy) is 1. The van der Waals surface area contributed by atoms with Gasteiger partial charge in [-0.15, -0.1) is 0 Å². The molecule has 0 saturated heterocycles. The quantitative estimate of drug-likeness (QED) is 0.618. The van der Waals surface area contributed by atoms with E-state index in [1.807, 2.05) is 60.5 Å². The summed E-state index contributed by atoms with van der Waals surface area (Å²) in [5, 5.41) is 6.14. The molecule has 0 unspecified atom stereocenters. The van der Waals surface area contributed by atoms with Crippen LogP contribution in [0.15, 0.2) is 53.5 Å². The van der Waals surface area contributed by atoms with Crippen LogP contribution in [0.5, 0.6) is 5.75 Å². The van der Waals surface area contributed by atoms with Crippen molar-refractivity contribution in [2.45, 2.75) is 20.0 Å². The molecule has 2 aromatic carbocycles. The van der Waals surface area contributed by atoms with Crippen LogP contribution in [0.25, 0.3) is 0 Å². The molecule has 0 atom stereocenters. The lowest BCUT2D eigenvalue weighted by atomic mass is 10.2. The van der Waals surface area contributed by atoms with Crippen LogP contribution in [-0.2, 0) is 17.9 Å². The fourth-order valence-electron chi connectivity index (χ4n) is 2.69. The van der Waals surface area contributed by atoms with Gasteiger partial charge in [0, 0.05) is 45.4 Å². The van der Waals surface area contributed by atoms with Crippen molar-refractivity contribution in [1.29, 1.82) is 0 Å². The summed E-state index contributed by atoms with van der Waals surface area (Å²) in [5.74, 6) is 1.56. The minimum atomic E-state index is -0.0811. The van der Waals surface area contributed by atoms with Crippen LogP contribution < -0.4 is 15.4 Å².